The van der Waals surface area contributed by atoms with E-state index in [9.17, 15) is 4.79 Å². The van der Waals surface area contributed by atoms with Crippen molar-refractivity contribution in [1.82, 2.24) is 30.1 Å². The minimum Gasteiger partial charge on any atom is -0.354 e. The van der Waals surface area contributed by atoms with Crippen LogP contribution in [-0.2, 0) is 0 Å². The number of anilines is 3. The molecule has 0 unspecified atom stereocenters. The predicted octanol–water partition coefficient (Wildman–Crippen LogP) is 1.16. The minimum atomic E-state index is -0.219. The average Bonchev–Trinajstić information content (AvgIpc) is 3.34. The Morgan fingerprint density at radius 1 is 1.33 bits per heavy atom. The second-order valence-corrected chi connectivity index (χ2v) is 5.66. The lowest BCUT2D eigenvalue weighted by molar-refractivity contribution is 0.0958. The Kier molecular flexibility index (Phi) is 3.52. The van der Waals surface area contributed by atoms with Crippen LogP contribution >= 0.6 is 0 Å². The van der Waals surface area contributed by atoms with Crippen LogP contribution < -0.4 is 15.5 Å². The number of fused-ring (bicyclic) bond motifs is 1. The van der Waals surface area contributed by atoms with E-state index in [0.29, 0.717) is 23.3 Å². The van der Waals surface area contributed by atoms with E-state index in [4.69, 9.17) is 0 Å². The van der Waals surface area contributed by atoms with E-state index < -0.39 is 0 Å². The zero-order valence-corrected chi connectivity index (χ0v) is 13.3. The lowest BCUT2D eigenvalue weighted by Gasteiger charge is -2.16. The largest absolute Gasteiger partial charge is 0.354 e. The number of amides is 1. The zero-order chi connectivity index (χ0) is 16.5. The molecule has 3 N–H and O–H groups in total. The van der Waals surface area contributed by atoms with Gasteiger partial charge in [-0.25, -0.2) is 4.52 Å². The first-order valence-corrected chi connectivity index (χ1v) is 7.89. The quantitative estimate of drug-likeness (QED) is 0.665. The molecular formula is C15H18N8O. The van der Waals surface area contributed by atoms with Gasteiger partial charge in [0.2, 0.25) is 5.95 Å². The smallest absolute Gasteiger partial charge is 0.269 e. The molecule has 3 aromatic heterocycles. The number of H-pyrrole nitrogens is 1. The molecule has 0 atom stereocenters. The molecular weight excluding hydrogens is 308 g/mol. The van der Waals surface area contributed by atoms with E-state index in [1.807, 2.05) is 18.3 Å². The van der Waals surface area contributed by atoms with E-state index in [0.717, 1.165) is 31.4 Å². The molecule has 0 bridgehead atoms. The van der Waals surface area contributed by atoms with Gasteiger partial charge in [0.05, 0.1) is 0 Å². The SMILES string of the molecule is CNC(=O)c1cc(Nc2nc(N3CCCC3)nn3cccc23)n[nH]1. The van der Waals surface area contributed by atoms with Crippen molar-refractivity contribution in [2.75, 3.05) is 30.4 Å². The highest BCUT2D eigenvalue weighted by molar-refractivity contribution is 5.93. The van der Waals surface area contributed by atoms with Crippen molar-refractivity contribution in [3.05, 3.63) is 30.1 Å². The molecule has 3 aromatic rings. The van der Waals surface area contributed by atoms with E-state index in [1.165, 1.54) is 0 Å². The van der Waals surface area contributed by atoms with Gasteiger partial charge in [0.1, 0.15) is 11.2 Å². The summed E-state index contributed by atoms with van der Waals surface area (Å²) in [5, 5.41) is 17.1. The highest BCUT2D eigenvalue weighted by Crippen LogP contribution is 2.23. The van der Waals surface area contributed by atoms with Crippen molar-refractivity contribution in [2.45, 2.75) is 12.8 Å². The molecule has 9 heteroatoms. The van der Waals surface area contributed by atoms with E-state index in [1.54, 1.807) is 17.6 Å². The fraction of sp³-hybridized carbons (Fsp3) is 0.333. The number of hydrogen-bond donors (Lipinski definition) is 3. The molecule has 9 nitrogen and oxygen atoms in total. The molecule has 0 aliphatic carbocycles. The third-order valence-corrected chi connectivity index (χ3v) is 4.06. The monoisotopic (exact) mass is 326 g/mol. The molecule has 0 spiro atoms. The molecule has 0 aromatic carbocycles. The first kappa shape index (κ1) is 14.5. The summed E-state index contributed by atoms with van der Waals surface area (Å²) in [6.45, 7) is 1.94. The third-order valence-electron chi connectivity index (χ3n) is 4.06. The van der Waals surface area contributed by atoms with Gasteiger partial charge < -0.3 is 15.5 Å². The molecule has 1 aliphatic rings. The van der Waals surface area contributed by atoms with Crippen molar-refractivity contribution in [1.29, 1.82) is 0 Å². The predicted molar refractivity (Wildman–Crippen MR) is 89.7 cm³/mol. The molecule has 4 heterocycles. The van der Waals surface area contributed by atoms with Crippen LogP contribution in [0.25, 0.3) is 5.52 Å². The Bertz CT molecular complexity index is 877. The molecule has 1 fully saturated rings. The molecule has 1 amide bonds. The van der Waals surface area contributed by atoms with Crippen LogP contribution in [0, 0.1) is 0 Å². The number of carbonyl (C=O) groups is 1. The Hall–Kier alpha value is -3.10. The molecule has 0 saturated carbocycles. The van der Waals surface area contributed by atoms with E-state index in [-0.39, 0.29) is 5.91 Å². The Labute approximate surface area is 138 Å². The van der Waals surface area contributed by atoms with Crippen molar-refractivity contribution in [3.63, 3.8) is 0 Å². The van der Waals surface area contributed by atoms with Gasteiger partial charge >= 0.3 is 0 Å². The summed E-state index contributed by atoms with van der Waals surface area (Å²) in [6, 6.07) is 5.50. The van der Waals surface area contributed by atoms with Gasteiger partial charge in [-0.15, -0.1) is 5.10 Å². The number of rotatable bonds is 4. The van der Waals surface area contributed by atoms with Gasteiger partial charge in [-0.1, -0.05) is 0 Å². The average molecular weight is 326 g/mol. The van der Waals surface area contributed by atoms with Crippen molar-refractivity contribution >= 4 is 29.0 Å². The first-order chi connectivity index (χ1) is 11.7. The van der Waals surface area contributed by atoms with Crippen molar-refractivity contribution < 1.29 is 4.79 Å². The number of nitrogens with one attached hydrogen (secondary N) is 3. The Morgan fingerprint density at radius 2 is 2.17 bits per heavy atom. The number of aromatic amines is 1. The molecule has 4 rings (SSSR count). The Morgan fingerprint density at radius 3 is 2.96 bits per heavy atom. The number of carbonyl (C=O) groups excluding carboxylic acids is 1. The van der Waals surface area contributed by atoms with Crippen LogP contribution in [0.1, 0.15) is 23.3 Å². The minimum absolute atomic E-state index is 0.219. The maximum absolute atomic E-state index is 11.6. The van der Waals surface area contributed by atoms with Gasteiger partial charge in [-0.05, 0) is 25.0 Å². The van der Waals surface area contributed by atoms with Crippen LogP contribution in [0.5, 0.6) is 0 Å². The zero-order valence-electron chi connectivity index (χ0n) is 13.3. The second kappa shape index (κ2) is 5.84. The molecule has 1 saturated heterocycles. The summed E-state index contributed by atoms with van der Waals surface area (Å²) in [6.07, 6.45) is 4.21. The van der Waals surface area contributed by atoms with Crippen molar-refractivity contribution in [3.8, 4) is 0 Å². The third kappa shape index (κ3) is 2.53. The van der Waals surface area contributed by atoms with Crippen LogP contribution in [0.15, 0.2) is 24.4 Å². The summed E-state index contributed by atoms with van der Waals surface area (Å²) in [5.74, 6) is 1.67. The Balaban J connectivity index is 1.68. The highest BCUT2D eigenvalue weighted by atomic mass is 16.1. The highest BCUT2D eigenvalue weighted by Gasteiger charge is 2.18. The number of nitrogens with zero attached hydrogens (tertiary/aromatic N) is 5. The molecule has 124 valence electrons. The van der Waals surface area contributed by atoms with E-state index in [2.05, 4.69) is 35.8 Å². The first-order valence-electron chi connectivity index (χ1n) is 7.89. The van der Waals surface area contributed by atoms with Crippen LogP contribution in [0.2, 0.25) is 0 Å². The fourth-order valence-electron chi connectivity index (χ4n) is 2.82. The van der Waals surface area contributed by atoms with E-state index >= 15 is 0 Å². The summed E-state index contributed by atoms with van der Waals surface area (Å²) < 4.78 is 1.80. The van der Waals surface area contributed by atoms with Gasteiger partial charge in [0, 0.05) is 32.4 Å². The fourth-order valence-corrected chi connectivity index (χ4v) is 2.82. The summed E-state index contributed by atoms with van der Waals surface area (Å²) in [5.41, 5.74) is 1.24. The maximum atomic E-state index is 11.6. The summed E-state index contributed by atoms with van der Waals surface area (Å²) in [4.78, 5) is 18.5. The van der Waals surface area contributed by atoms with Crippen LogP contribution in [-0.4, -0.2) is 50.8 Å². The second-order valence-electron chi connectivity index (χ2n) is 5.66. The van der Waals surface area contributed by atoms with Gasteiger partial charge in [0.25, 0.3) is 5.91 Å². The molecule has 24 heavy (non-hydrogen) atoms. The molecule has 0 radical (unpaired) electrons. The van der Waals surface area contributed by atoms with Gasteiger partial charge in [-0.2, -0.15) is 10.1 Å². The van der Waals surface area contributed by atoms with Crippen LogP contribution in [0.4, 0.5) is 17.6 Å². The normalized spacial score (nSPS) is 14.3. The maximum Gasteiger partial charge on any atom is 0.269 e. The number of aromatic nitrogens is 5. The molecule has 1 aliphatic heterocycles. The van der Waals surface area contributed by atoms with Gasteiger partial charge in [0.15, 0.2) is 11.6 Å². The topological polar surface area (TPSA) is 103 Å². The number of hydrogen-bond acceptors (Lipinski definition) is 6. The lowest BCUT2D eigenvalue weighted by atomic mass is 10.4. The van der Waals surface area contributed by atoms with Crippen LogP contribution in [0.3, 0.4) is 0 Å². The summed E-state index contributed by atoms with van der Waals surface area (Å²) >= 11 is 0. The summed E-state index contributed by atoms with van der Waals surface area (Å²) in [7, 11) is 1.58. The van der Waals surface area contributed by atoms with Crippen molar-refractivity contribution in [2.24, 2.45) is 0 Å². The van der Waals surface area contributed by atoms with Gasteiger partial charge in [-0.3, -0.25) is 9.89 Å². The lowest BCUT2D eigenvalue weighted by Crippen LogP contribution is -2.22. The standard InChI is InChI=1S/C15H18N8O/c1-16-14(24)10-9-12(20-19-10)17-13-11-5-4-8-23(11)21-15(18-13)22-6-2-3-7-22/h4-5,8-9H,2-3,6-7H2,1H3,(H,16,24)(H2,17,18,19,20,21).